The molecule has 5 heteroatoms. The summed E-state index contributed by atoms with van der Waals surface area (Å²) >= 11 is 0. The van der Waals surface area contributed by atoms with Crippen LogP contribution in [0, 0.1) is 17.0 Å². The second kappa shape index (κ2) is 3.38. The largest absolute Gasteiger partial charge is 0.501 e. The quantitative estimate of drug-likeness (QED) is 0.556. The molecule has 0 aliphatic rings. The minimum atomic E-state index is -0.608. The molecule has 0 aromatic carbocycles. The van der Waals surface area contributed by atoms with E-state index in [2.05, 4.69) is 4.98 Å². The van der Waals surface area contributed by atoms with E-state index in [0.29, 0.717) is 17.8 Å². The van der Waals surface area contributed by atoms with E-state index in [0.717, 1.165) is 0 Å². The van der Waals surface area contributed by atoms with Crippen molar-refractivity contribution < 1.29 is 10.0 Å². The number of hydrogen-bond donors (Lipinski definition) is 1. The molecule has 0 fully saturated rings. The molecule has 1 aromatic rings. The molecule has 0 unspecified atom stereocenters. The zero-order valence-electron chi connectivity index (χ0n) is 7.44. The van der Waals surface area contributed by atoms with Crippen LogP contribution in [0.15, 0.2) is 6.07 Å². The van der Waals surface area contributed by atoms with Gasteiger partial charge in [0.25, 0.3) is 0 Å². The fourth-order valence-corrected chi connectivity index (χ4v) is 1.10. The van der Waals surface area contributed by atoms with Crippen molar-refractivity contribution in [2.75, 3.05) is 0 Å². The average molecular weight is 182 g/mol. The molecule has 0 spiro atoms. The van der Waals surface area contributed by atoms with Crippen molar-refractivity contribution in [1.82, 2.24) is 4.98 Å². The molecule has 1 N–H and O–H groups in total. The fraction of sp³-hybridized carbons (Fsp3) is 0.375. The molecule has 70 valence electrons. The van der Waals surface area contributed by atoms with Gasteiger partial charge in [0.05, 0.1) is 10.6 Å². The lowest BCUT2D eigenvalue weighted by molar-refractivity contribution is -0.386. The van der Waals surface area contributed by atoms with Crippen LogP contribution in [-0.2, 0) is 6.42 Å². The van der Waals surface area contributed by atoms with Crippen molar-refractivity contribution in [3.05, 3.63) is 27.6 Å². The highest BCUT2D eigenvalue weighted by Crippen LogP contribution is 2.28. The Labute approximate surface area is 75.2 Å². The Bertz CT molecular complexity index is 349. The van der Waals surface area contributed by atoms with Crippen LogP contribution in [0.2, 0.25) is 0 Å². The Morgan fingerprint density at radius 1 is 1.69 bits per heavy atom. The number of aryl methyl sites for hydroxylation is 2. The first-order valence-electron chi connectivity index (χ1n) is 3.90. The van der Waals surface area contributed by atoms with Crippen LogP contribution in [0.25, 0.3) is 0 Å². The average Bonchev–Trinajstić information content (AvgIpc) is 2.08. The van der Waals surface area contributed by atoms with Crippen LogP contribution in [0.1, 0.15) is 18.3 Å². The van der Waals surface area contributed by atoms with Crippen molar-refractivity contribution in [1.29, 1.82) is 0 Å². The maximum atomic E-state index is 10.5. The third-order valence-electron chi connectivity index (χ3n) is 1.70. The van der Waals surface area contributed by atoms with Gasteiger partial charge in [-0.05, 0) is 13.3 Å². The number of nitrogens with zero attached hydrogens (tertiary/aromatic N) is 2. The highest BCUT2D eigenvalue weighted by molar-refractivity contribution is 5.48. The Morgan fingerprint density at radius 3 is 2.77 bits per heavy atom. The topological polar surface area (TPSA) is 76.3 Å². The molecule has 0 bridgehead atoms. The first-order chi connectivity index (χ1) is 6.06. The fourth-order valence-electron chi connectivity index (χ4n) is 1.10. The van der Waals surface area contributed by atoms with Gasteiger partial charge in [-0.15, -0.1) is 0 Å². The molecule has 0 saturated carbocycles. The minimum absolute atomic E-state index is 0.274. The second-order valence-corrected chi connectivity index (χ2v) is 2.69. The summed E-state index contributed by atoms with van der Waals surface area (Å²) in [7, 11) is 0. The molecule has 13 heavy (non-hydrogen) atoms. The molecule has 0 radical (unpaired) electrons. The summed E-state index contributed by atoms with van der Waals surface area (Å²) in [6, 6.07) is 1.26. The van der Waals surface area contributed by atoms with Crippen molar-refractivity contribution in [3.8, 4) is 5.75 Å². The number of rotatable bonds is 2. The van der Waals surface area contributed by atoms with E-state index in [-0.39, 0.29) is 11.4 Å². The van der Waals surface area contributed by atoms with Gasteiger partial charge in [0.15, 0.2) is 0 Å². The lowest BCUT2D eigenvalue weighted by atomic mass is 10.2. The summed E-state index contributed by atoms with van der Waals surface area (Å²) in [6.45, 7) is 3.44. The van der Waals surface area contributed by atoms with Gasteiger partial charge in [0, 0.05) is 11.8 Å². The summed E-state index contributed by atoms with van der Waals surface area (Å²) in [4.78, 5) is 13.8. The van der Waals surface area contributed by atoms with E-state index >= 15 is 0 Å². The summed E-state index contributed by atoms with van der Waals surface area (Å²) in [6.07, 6.45) is 0.481. The second-order valence-electron chi connectivity index (χ2n) is 2.69. The standard InChI is InChI=1S/C8H10N2O3/c1-3-6-8(11)7(10(12)13)4-5(2)9-6/h4,11H,3H2,1-2H3. The zero-order chi connectivity index (χ0) is 10.0. The number of hydrogen-bond acceptors (Lipinski definition) is 4. The highest BCUT2D eigenvalue weighted by Gasteiger charge is 2.17. The first kappa shape index (κ1) is 9.44. The molecule has 0 aliphatic carbocycles. The van der Waals surface area contributed by atoms with Crippen LogP contribution >= 0.6 is 0 Å². The van der Waals surface area contributed by atoms with Gasteiger partial charge in [-0.2, -0.15) is 0 Å². The maximum Gasteiger partial charge on any atom is 0.314 e. The van der Waals surface area contributed by atoms with Crippen LogP contribution in [0.4, 0.5) is 5.69 Å². The van der Waals surface area contributed by atoms with Crippen molar-refractivity contribution in [2.24, 2.45) is 0 Å². The highest BCUT2D eigenvalue weighted by atomic mass is 16.6. The monoisotopic (exact) mass is 182 g/mol. The number of aromatic hydroxyl groups is 1. The lowest BCUT2D eigenvalue weighted by Gasteiger charge is -2.02. The smallest absolute Gasteiger partial charge is 0.314 e. The predicted molar refractivity (Wildman–Crippen MR) is 46.7 cm³/mol. The third-order valence-corrected chi connectivity index (χ3v) is 1.70. The van der Waals surface area contributed by atoms with Crippen LogP contribution < -0.4 is 0 Å². The molecule has 1 aromatic heterocycles. The van der Waals surface area contributed by atoms with Crippen LogP contribution in [0.5, 0.6) is 5.75 Å². The molecule has 1 heterocycles. The van der Waals surface area contributed by atoms with Crippen LogP contribution in [0.3, 0.4) is 0 Å². The third kappa shape index (κ3) is 1.74. The Kier molecular flexibility index (Phi) is 2.46. The Morgan fingerprint density at radius 2 is 2.31 bits per heavy atom. The van der Waals surface area contributed by atoms with Gasteiger partial charge in [-0.25, -0.2) is 0 Å². The molecule has 5 nitrogen and oxygen atoms in total. The van der Waals surface area contributed by atoms with E-state index in [1.165, 1.54) is 6.07 Å². The van der Waals surface area contributed by atoms with E-state index in [9.17, 15) is 15.2 Å². The van der Waals surface area contributed by atoms with Gasteiger partial charge in [-0.3, -0.25) is 15.1 Å². The summed E-state index contributed by atoms with van der Waals surface area (Å²) < 4.78 is 0. The van der Waals surface area contributed by atoms with Gasteiger partial charge in [0.1, 0.15) is 0 Å². The molecular formula is C8H10N2O3. The molecular weight excluding hydrogens is 172 g/mol. The lowest BCUT2D eigenvalue weighted by Crippen LogP contribution is -1.96. The van der Waals surface area contributed by atoms with E-state index < -0.39 is 4.92 Å². The van der Waals surface area contributed by atoms with Crippen molar-refractivity contribution >= 4 is 5.69 Å². The number of aromatic nitrogens is 1. The van der Waals surface area contributed by atoms with E-state index in [4.69, 9.17) is 0 Å². The molecule has 0 amide bonds. The normalized spacial score (nSPS) is 10.0. The van der Waals surface area contributed by atoms with E-state index in [1.54, 1.807) is 13.8 Å². The molecule has 1 rings (SSSR count). The maximum absolute atomic E-state index is 10.5. The molecule has 0 aliphatic heterocycles. The van der Waals surface area contributed by atoms with Crippen LogP contribution in [-0.4, -0.2) is 15.0 Å². The van der Waals surface area contributed by atoms with Gasteiger partial charge < -0.3 is 5.11 Å². The predicted octanol–water partition coefficient (Wildman–Crippen LogP) is 1.57. The van der Waals surface area contributed by atoms with Gasteiger partial charge in [-0.1, -0.05) is 6.92 Å². The first-order valence-corrected chi connectivity index (χ1v) is 3.90. The molecule has 0 saturated heterocycles. The number of pyridine rings is 1. The van der Waals surface area contributed by atoms with Crippen molar-refractivity contribution in [2.45, 2.75) is 20.3 Å². The zero-order valence-corrected chi connectivity index (χ0v) is 7.44. The van der Waals surface area contributed by atoms with Gasteiger partial charge >= 0.3 is 5.69 Å². The Hall–Kier alpha value is -1.65. The SMILES string of the molecule is CCc1nc(C)cc([N+](=O)[O-])c1O. The Balaban J connectivity index is 3.35. The molecule has 0 atom stereocenters. The van der Waals surface area contributed by atoms with E-state index in [1.807, 2.05) is 0 Å². The minimum Gasteiger partial charge on any atom is -0.501 e. The summed E-state index contributed by atoms with van der Waals surface area (Å²) in [5.41, 5.74) is 0.636. The summed E-state index contributed by atoms with van der Waals surface area (Å²) in [5.74, 6) is -0.321. The van der Waals surface area contributed by atoms with Gasteiger partial charge in [0.2, 0.25) is 5.75 Å². The van der Waals surface area contributed by atoms with Crippen molar-refractivity contribution in [3.63, 3.8) is 0 Å². The number of nitro groups is 1. The summed E-state index contributed by atoms with van der Waals surface area (Å²) in [5, 5.41) is 19.8.